The van der Waals surface area contributed by atoms with Crippen LogP contribution in [-0.4, -0.2) is 12.5 Å². The Balaban J connectivity index is 2.69. The minimum absolute atomic E-state index is 0.0194. The van der Waals surface area contributed by atoms with Crippen LogP contribution in [0.1, 0.15) is 24.1 Å². The number of hydrogen-bond acceptors (Lipinski definition) is 2. The molecule has 76 valence electrons. The molecule has 0 radical (unpaired) electrons. The van der Waals surface area contributed by atoms with Gasteiger partial charge >= 0.3 is 0 Å². The number of aryl methyl sites for hydroxylation is 1. The van der Waals surface area contributed by atoms with Crippen LogP contribution < -0.4 is 11.1 Å². The third-order valence-corrected chi connectivity index (χ3v) is 2.11. The minimum atomic E-state index is -0.126. The zero-order chi connectivity index (χ0) is 10.6. The Bertz CT molecular complexity index is 323. The van der Waals surface area contributed by atoms with E-state index >= 15 is 0 Å². The molecule has 0 heterocycles. The smallest absolute Gasteiger partial charge is 0.234 e. The lowest BCUT2D eigenvalue weighted by molar-refractivity contribution is -0.120. The van der Waals surface area contributed by atoms with Crippen molar-refractivity contribution in [1.29, 1.82) is 0 Å². The highest BCUT2D eigenvalue weighted by Gasteiger charge is 2.07. The number of hydrogen-bond donors (Lipinski definition) is 2. The summed E-state index contributed by atoms with van der Waals surface area (Å²) in [6.07, 6.45) is 0. The highest BCUT2D eigenvalue weighted by Crippen LogP contribution is 2.13. The van der Waals surface area contributed by atoms with Crippen LogP contribution in [0.5, 0.6) is 0 Å². The van der Waals surface area contributed by atoms with Gasteiger partial charge in [0.2, 0.25) is 5.91 Å². The topological polar surface area (TPSA) is 55.1 Å². The van der Waals surface area contributed by atoms with Crippen LogP contribution in [0.2, 0.25) is 0 Å². The molecular formula is C11H16N2O. The predicted octanol–water partition coefficient (Wildman–Crippen LogP) is 1.13. The van der Waals surface area contributed by atoms with Gasteiger partial charge in [-0.2, -0.15) is 0 Å². The molecule has 14 heavy (non-hydrogen) atoms. The van der Waals surface area contributed by atoms with Crippen LogP contribution in [0.4, 0.5) is 0 Å². The van der Waals surface area contributed by atoms with Crippen molar-refractivity contribution in [1.82, 2.24) is 5.32 Å². The number of benzene rings is 1. The molecule has 3 heteroatoms. The summed E-state index contributed by atoms with van der Waals surface area (Å²) in [5.74, 6) is -0.126. The molecule has 0 fully saturated rings. The maximum atomic E-state index is 11.0. The monoisotopic (exact) mass is 192 g/mol. The average molecular weight is 192 g/mol. The molecule has 0 spiro atoms. The highest BCUT2D eigenvalue weighted by molar-refractivity contribution is 5.78. The lowest BCUT2D eigenvalue weighted by Gasteiger charge is -2.13. The molecule has 1 aromatic carbocycles. The van der Waals surface area contributed by atoms with Gasteiger partial charge in [-0.1, -0.05) is 29.8 Å². The first kappa shape index (κ1) is 10.7. The zero-order valence-electron chi connectivity index (χ0n) is 8.58. The number of nitrogens with two attached hydrogens (primary N) is 1. The fourth-order valence-electron chi connectivity index (χ4n) is 1.32. The van der Waals surface area contributed by atoms with Gasteiger partial charge in [0.15, 0.2) is 0 Å². The van der Waals surface area contributed by atoms with Gasteiger partial charge in [0, 0.05) is 0 Å². The molecule has 1 aromatic rings. The van der Waals surface area contributed by atoms with E-state index in [0.29, 0.717) is 0 Å². The molecule has 3 N–H and O–H groups in total. The molecule has 0 aliphatic carbocycles. The third kappa shape index (κ3) is 2.85. The Labute approximate surface area is 84.3 Å². The van der Waals surface area contributed by atoms with E-state index in [9.17, 15) is 4.79 Å². The maximum Gasteiger partial charge on any atom is 0.234 e. The van der Waals surface area contributed by atoms with Gasteiger partial charge in [0.1, 0.15) is 0 Å². The molecule has 3 nitrogen and oxygen atoms in total. The molecule has 0 aliphatic heterocycles. The molecule has 0 unspecified atom stereocenters. The van der Waals surface area contributed by atoms with Crippen molar-refractivity contribution in [2.75, 3.05) is 6.54 Å². The molecule has 0 aliphatic rings. The number of carbonyl (C=O) groups excluding carboxylic acids is 1. The van der Waals surface area contributed by atoms with Gasteiger partial charge < -0.3 is 11.1 Å². The van der Waals surface area contributed by atoms with Crippen molar-refractivity contribution in [2.45, 2.75) is 19.9 Å². The molecular weight excluding hydrogens is 176 g/mol. The summed E-state index contributed by atoms with van der Waals surface area (Å²) in [6.45, 7) is 4.01. The van der Waals surface area contributed by atoms with Crippen molar-refractivity contribution in [2.24, 2.45) is 5.73 Å². The molecule has 0 aromatic heterocycles. The van der Waals surface area contributed by atoms with Crippen LogP contribution in [0.3, 0.4) is 0 Å². The fourth-order valence-corrected chi connectivity index (χ4v) is 1.32. The number of carbonyl (C=O) groups is 1. The first-order valence-corrected chi connectivity index (χ1v) is 4.69. The molecule has 0 saturated carbocycles. The van der Waals surface area contributed by atoms with Crippen molar-refractivity contribution < 1.29 is 4.79 Å². The second-order valence-electron chi connectivity index (χ2n) is 3.41. The third-order valence-electron chi connectivity index (χ3n) is 2.11. The molecule has 0 bridgehead atoms. The summed E-state index contributed by atoms with van der Waals surface area (Å²) >= 11 is 0. The normalized spacial score (nSPS) is 12.2. The standard InChI is InChI=1S/C11H16N2O/c1-8-4-3-5-10(6-8)9(2)13-11(14)7-12/h3-6,9H,7,12H2,1-2H3,(H,13,14)/t9-/m0/s1. The van der Waals surface area contributed by atoms with Gasteiger partial charge in [-0.15, -0.1) is 0 Å². The second kappa shape index (κ2) is 4.77. The number of nitrogens with one attached hydrogen (secondary N) is 1. The van der Waals surface area contributed by atoms with Crippen molar-refractivity contribution in [3.63, 3.8) is 0 Å². The first-order valence-electron chi connectivity index (χ1n) is 4.69. The number of amides is 1. The molecule has 1 rings (SSSR count). The largest absolute Gasteiger partial charge is 0.348 e. The number of rotatable bonds is 3. The fraction of sp³-hybridized carbons (Fsp3) is 0.364. The Morgan fingerprint density at radius 1 is 1.57 bits per heavy atom. The van der Waals surface area contributed by atoms with E-state index in [-0.39, 0.29) is 18.5 Å². The van der Waals surface area contributed by atoms with Gasteiger partial charge in [-0.3, -0.25) is 4.79 Å². The van der Waals surface area contributed by atoms with E-state index in [1.807, 2.05) is 32.0 Å². The van der Waals surface area contributed by atoms with Crippen molar-refractivity contribution in [3.05, 3.63) is 35.4 Å². The Kier molecular flexibility index (Phi) is 3.65. The first-order chi connectivity index (χ1) is 6.63. The molecule has 1 atom stereocenters. The van der Waals surface area contributed by atoms with Gasteiger partial charge in [-0.05, 0) is 19.4 Å². The summed E-state index contributed by atoms with van der Waals surface area (Å²) < 4.78 is 0. The van der Waals surface area contributed by atoms with Crippen molar-refractivity contribution >= 4 is 5.91 Å². The summed E-state index contributed by atoms with van der Waals surface area (Å²) in [7, 11) is 0. The molecule has 0 saturated heterocycles. The van der Waals surface area contributed by atoms with Gasteiger partial charge in [0.05, 0.1) is 12.6 Å². The van der Waals surface area contributed by atoms with E-state index in [0.717, 1.165) is 5.56 Å². The maximum absolute atomic E-state index is 11.0. The van der Waals surface area contributed by atoms with E-state index in [1.165, 1.54) is 5.56 Å². The van der Waals surface area contributed by atoms with E-state index in [4.69, 9.17) is 5.73 Å². The zero-order valence-corrected chi connectivity index (χ0v) is 8.58. The summed E-state index contributed by atoms with van der Waals surface area (Å²) in [5.41, 5.74) is 7.51. The molecule has 1 amide bonds. The lowest BCUT2D eigenvalue weighted by atomic mass is 10.1. The second-order valence-corrected chi connectivity index (χ2v) is 3.41. The van der Waals surface area contributed by atoms with Crippen LogP contribution in [0.15, 0.2) is 24.3 Å². The Morgan fingerprint density at radius 2 is 2.29 bits per heavy atom. The summed E-state index contributed by atoms with van der Waals surface area (Å²) in [5, 5.41) is 2.81. The van der Waals surface area contributed by atoms with E-state index in [2.05, 4.69) is 11.4 Å². The Hall–Kier alpha value is -1.35. The lowest BCUT2D eigenvalue weighted by Crippen LogP contribution is -2.32. The van der Waals surface area contributed by atoms with Crippen LogP contribution in [0.25, 0.3) is 0 Å². The Morgan fingerprint density at radius 3 is 2.86 bits per heavy atom. The summed E-state index contributed by atoms with van der Waals surface area (Å²) in [6, 6.07) is 8.08. The van der Waals surface area contributed by atoms with Crippen LogP contribution >= 0.6 is 0 Å². The van der Waals surface area contributed by atoms with Gasteiger partial charge in [0.25, 0.3) is 0 Å². The highest BCUT2D eigenvalue weighted by atomic mass is 16.1. The van der Waals surface area contributed by atoms with Crippen LogP contribution in [-0.2, 0) is 4.79 Å². The van der Waals surface area contributed by atoms with Crippen molar-refractivity contribution in [3.8, 4) is 0 Å². The van der Waals surface area contributed by atoms with Crippen LogP contribution in [0, 0.1) is 6.92 Å². The van der Waals surface area contributed by atoms with Gasteiger partial charge in [-0.25, -0.2) is 0 Å². The average Bonchev–Trinajstić information content (AvgIpc) is 2.17. The minimum Gasteiger partial charge on any atom is -0.348 e. The predicted molar refractivity (Wildman–Crippen MR) is 56.8 cm³/mol. The SMILES string of the molecule is Cc1cccc([C@H](C)NC(=O)CN)c1. The van der Waals surface area contributed by atoms with E-state index < -0.39 is 0 Å². The summed E-state index contributed by atoms with van der Waals surface area (Å²) in [4.78, 5) is 11.0. The van der Waals surface area contributed by atoms with E-state index in [1.54, 1.807) is 0 Å². The quantitative estimate of drug-likeness (QED) is 0.754.